The van der Waals surface area contributed by atoms with Crippen molar-refractivity contribution < 1.29 is 9.21 Å². The summed E-state index contributed by atoms with van der Waals surface area (Å²) in [7, 11) is 0. The minimum Gasteiger partial charge on any atom is -0.461 e. The lowest BCUT2D eigenvalue weighted by Crippen LogP contribution is -2.06. The van der Waals surface area contributed by atoms with Crippen LogP contribution in [0.2, 0.25) is 0 Å². The number of hydrogen-bond donors (Lipinski definition) is 0. The number of carbonyl (C=O) groups is 1. The van der Waals surface area contributed by atoms with E-state index in [4.69, 9.17) is 4.42 Å². The second-order valence-corrected chi connectivity index (χ2v) is 5.75. The van der Waals surface area contributed by atoms with Crippen LogP contribution in [0.4, 0.5) is 0 Å². The molecule has 0 radical (unpaired) electrons. The fourth-order valence-corrected chi connectivity index (χ4v) is 2.83. The monoisotopic (exact) mass is 313 g/mol. The fraction of sp³-hybridized carbons (Fsp3) is 0.0476. The standard InChI is InChI=1S/C21H15NO2/c1-14-9-10-18-16(12-14)13-17(15-6-3-2-4-7-15)20(22-18)21(23)19-8-5-11-24-19/h2-13H,1H3. The molecule has 3 nitrogen and oxygen atoms in total. The van der Waals surface area contributed by atoms with Gasteiger partial charge in [-0.1, -0.05) is 42.0 Å². The molecule has 3 heteroatoms. The first-order chi connectivity index (χ1) is 11.7. The zero-order valence-electron chi connectivity index (χ0n) is 13.2. The maximum atomic E-state index is 12.9. The van der Waals surface area contributed by atoms with Gasteiger partial charge in [0.2, 0.25) is 5.78 Å². The second kappa shape index (κ2) is 5.78. The minimum atomic E-state index is -0.207. The van der Waals surface area contributed by atoms with Crippen molar-refractivity contribution in [2.75, 3.05) is 0 Å². The molecule has 0 saturated carbocycles. The summed E-state index contributed by atoms with van der Waals surface area (Å²) in [5.41, 5.74) is 4.15. The summed E-state index contributed by atoms with van der Waals surface area (Å²) < 4.78 is 5.28. The molecule has 4 aromatic rings. The molecule has 0 aliphatic heterocycles. The topological polar surface area (TPSA) is 43.1 Å². The van der Waals surface area contributed by atoms with E-state index in [9.17, 15) is 4.79 Å². The number of fused-ring (bicyclic) bond motifs is 1. The zero-order chi connectivity index (χ0) is 16.5. The normalized spacial score (nSPS) is 10.9. The number of nitrogens with zero attached hydrogens (tertiary/aromatic N) is 1. The van der Waals surface area contributed by atoms with Crippen LogP contribution in [0.3, 0.4) is 0 Å². The minimum absolute atomic E-state index is 0.207. The van der Waals surface area contributed by atoms with Crippen LogP contribution in [-0.4, -0.2) is 10.8 Å². The van der Waals surface area contributed by atoms with Crippen molar-refractivity contribution in [3.8, 4) is 11.1 Å². The van der Waals surface area contributed by atoms with Crippen LogP contribution in [0.15, 0.2) is 77.4 Å². The van der Waals surface area contributed by atoms with E-state index in [2.05, 4.69) is 11.1 Å². The Labute approximate surface area is 139 Å². The zero-order valence-corrected chi connectivity index (χ0v) is 13.2. The maximum absolute atomic E-state index is 12.9. The van der Waals surface area contributed by atoms with E-state index in [1.54, 1.807) is 12.1 Å². The molecule has 0 atom stereocenters. The Hall–Kier alpha value is -3.20. The van der Waals surface area contributed by atoms with Crippen LogP contribution < -0.4 is 0 Å². The van der Waals surface area contributed by atoms with E-state index < -0.39 is 0 Å². The Morgan fingerprint density at radius 1 is 0.958 bits per heavy atom. The number of ketones is 1. The molecule has 0 N–H and O–H groups in total. The predicted octanol–water partition coefficient (Wildman–Crippen LogP) is 5.03. The highest BCUT2D eigenvalue weighted by Gasteiger charge is 2.20. The van der Waals surface area contributed by atoms with E-state index in [0.717, 1.165) is 27.6 Å². The summed E-state index contributed by atoms with van der Waals surface area (Å²) in [6, 6.07) is 21.3. The van der Waals surface area contributed by atoms with Gasteiger partial charge in [-0.25, -0.2) is 4.98 Å². The summed E-state index contributed by atoms with van der Waals surface area (Å²) >= 11 is 0. The van der Waals surface area contributed by atoms with Gasteiger partial charge in [0, 0.05) is 10.9 Å². The number of benzene rings is 2. The van der Waals surface area contributed by atoms with Crippen molar-refractivity contribution in [2.45, 2.75) is 6.92 Å². The van der Waals surface area contributed by atoms with Crippen LogP contribution in [0.1, 0.15) is 21.8 Å². The molecule has 2 heterocycles. The molecule has 0 spiro atoms. The van der Waals surface area contributed by atoms with Crippen molar-refractivity contribution in [2.24, 2.45) is 0 Å². The molecule has 2 aromatic carbocycles. The van der Waals surface area contributed by atoms with Crippen LogP contribution in [0, 0.1) is 6.92 Å². The molecule has 0 fully saturated rings. The summed E-state index contributed by atoms with van der Waals surface area (Å²) in [4.78, 5) is 17.5. The predicted molar refractivity (Wildman–Crippen MR) is 94.1 cm³/mol. The fourth-order valence-electron chi connectivity index (χ4n) is 2.83. The van der Waals surface area contributed by atoms with Gasteiger partial charge in [-0.2, -0.15) is 0 Å². The third-order valence-electron chi connectivity index (χ3n) is 4.02. The van der Waals surface area contributed by atoms with Gasteiger partial charge < -0.3 is 4.42 Å². The van der Waals surface area contributed by atoms with Crippen LogP contribution in [0.25, 0.3) is 22.0 Å². The van der Waals surface area contributed by atoms with Crippen LogP contribution >= 0.6 is 0 Å². The molecule has 0 saturated heterocycles. The highest BCUT2D eigenvalue weighted by atomic mass is 16.3. The number of aryl methyl sites for hydroxylation is 1. The molecular weight excluding hydrogens is 298 g/mol. The van der Waals surface area contributed by atoms with Crippen molar-refractivity contribution in [1.29, 1.82) is 0 Å². The first kappa shape index (κ1) is 14.4. The highest BCUT2D eigenvalue weighted by molar-refractivity contribution is 6.11. The maximum Gasteiger partial charge on any atom is 0.247 e. The molecule has 0 aliphatic rings. The smallest absolute Gasteiger partial charge is 0.247 e. The average molecular weight is 313 g/mol. The summed E-state index contributed by atoms with van der Waals surface area (Å²) in [6.07, 6.45) is 1.50. The van der Waals surface area contributed by atoms with E-state index in [1.165, 1.54) is 6.26 Å². The van der Waals surface area contributed by atoms with E-state index in [0.29, 0.717) is 11.5 Å². The summed E-state index contributed by atoms with van der Waals surface area (Å²) in [5, 5.41) is 1.02. The summed E-state index contributed by atoms with van der Waals surface area (Å²) in [5.74, 6) is 0.0903. The molecule has 4 rings (SSSR count). The number of pyridine rings is 1. The first-order valence-electron chi connectivity index (χ1n) is 7.77. The molecule has 0 bridgehead atoms. The lowest BCUT2D eigenvalue weighted by atomic mass is 9.98. The third kappa shape index (κ3) is 2.50. The number of carbonyl (C=O) groups excluding carboxylic acids is 1. The van der Waals surface area contributed by atoms with E-state index in [-0.39, 0.29) is 5.78 Å². The van der Waals surface area contributed by atoms with Gasteiger partial charge in [0.05, 0.1) is 11.8 Å². The average Bonchev–Trinajstić information content (AvgIpc) is 3.15. The van der Waals surface area contributed by atoms with Gasteiger partial charge in [0.15, 0.2) is 5.76 Å². The van der Waals surface area contributed by atoms with Crippen molar-refractivity contribution in [3.05, 3.63) is 90.0 Å². The van der Waals surface area contributed by atoms with Crippen molar-refractivity contribution in [1.82, 2.24) is 4.98 Å². The van der Waals surface area contributed by atoms with Gasteiger partial charge in [0.25, 0.3) is 0 Å². The van der Waals surface area contributed by atoms with Gasteiger partial charge in [-0.05, 0) is 42.8 Å². The Kier molecular flexibility index (Phi) is 3.47. The molecule has 116 valence electrons. The van der Waals surface area contributed by atoms with E-state index >= 15 is 0 Å². The Morgan fingerprint density at radius 3 is 2.54 bits per heavy atom. The Morgan fingerprint density at radius 2 is 1.79 bits per heavy atom. The second-order valence-electron chi connectivity index (χ2n) is 5.75. The van der Waals surface area contributed by atoms with E-state index in [1.807, 2.05) is 55.5 Å². The molecule has 0 aliphatic carbocycles. The first-order valence-corrected chi connectivity index (χ1v) is 7.77. The van der Waals surface area contributed by atoms with Crippen molar-refractivity contribution in [3.63, 3.8) is 0 Å². The van der Waals surface area contributed by atoms with Crippen LogP contribution in [-0.2, 0) is 0 Å². The highest BCUT2D eigenvalue weighted by Crippen LogP contribution is 2.28. The number of aromatic nitrogens is 1. The molecule has 2 aromatic heterocycles. The van der Waals surface area contributed by atoms with Gasteiger partial charge in [0.1, 0.15) is 5.69 Å². The molecule has 0 amide bonds. The SMILES string of the molecule is Cc1ccc2nc(C(=O)c3ccco3)c(-c3ccccc3)cc2c1. The van der Waals surface area contributed by atoms with Crippen molar-refractivity contribution >= 4 is 16.7 Å². The lowest BCUT2D eigenvalue weighted by Gasteiger charge is -2.10. The third-order valence-corrected chi connectivity index (χ3v) is 4.02. The molecular formula is C21H15NO2. The Bertz CT molecular complexity index is 1020. The largest absolute Gasteiger partial charge is 0.461 e. The Balaban J connectivity index is 1.99. The van der Waals surface area contributed by atoms with Gasteiger partial charge in [-0.3, -0.25) is 4.79 Å². The number of furan rings is 1. The van der Waals surface area contributed by atoms with Gasteiger partial charge >= 0.3 is 0 Å². The number of hydrogen-bond acceptors (Lipinski definition) is 3. The molecule has 24 heavy (non-hydrogen) atoms. The molecule has 0 unspecified atom stereocenters. The quantitative estimate of drug-likeness (QED) is 0.498. The lowest BCUT2D eigenvalue weighted by molar-refractivity contribution is 0.101. The number of rotatable bonds is 3. The summed E-state index contributed by atoms with van der Waals surface area (Å²) in [6.45, 7) is 2.05. The van der Waals surface area contributed by atoms with Gasteiger partial charge in [-0.15, -0.1) is 0 Å². The van der Waals surface area contributed by atoms with Crippen LogP contribution in [0.5, 0.6) is 0 Å².